The smallest absolute Gasteiger partial charge is 0.223 e. The van der Waals surface area contributed by atoms with Gasteiger partial charge in [0.05, 0.1) is 12.3 Å². The maximum Gasteiger partial charge on any atom is 0.223 e. The fourth-order valence-electron chi connectivity index (χ4n) is 7.53. The van der Waals surface area contributed by atoms with Crippen LogP contribution in [0, 0.1) is 29.0 Å². The van der Waals surface area contributed by atoms with E-state index in [2.05, 4.69) is 11.6 Å². The lowest BCUT2D eigenvalue weighted by Gasteiger charge is -2.65. The van der Waals surface area contributed by atoms with Crippen LogP contribution in [-0.4, -0.2) is 44.6 Å². The van der Waals surface area contributed by atoms with Crippen molar-refractivity contribution in [1.29, 1.82) is 0 Å². The summed E-state index contributed by atoms with van der Waals surface area (Å²) in [5.74, 6) is 1.52. The van der Waals surface area contributed by atoms with Crippen LogP contribution in [0.3, 0.4) is 0 Å². The average molecular weight is 435 g/mol. The molecule has 1 aromatic carbocycles. The van der Waals surface area contributed by atoms with Gasteiger partial charge in [0.15, 0.2) is 0 Å². The van der Waals surface area contributed by atoms with Crippen molar-refractivity contribution in [2.45, 2.75) is 56.9 Å². The Morgan fingerprint density at radius 1 is 1.13 bits per heavy atom. The van der Waals surface area contributed by atoms with Crippen molar-refractivity contribution in [3.63, 3.8) is 0 Å². The molecule has 1 amide bonds. The number of rotatable bonds is 5. The van der Waals surface area contributed by atoms with Crippen molar-refractivity contribution in [1.82, 2.24) is 9.62 Å². The largest absolute Gasteiger partial charge is 0.339 e. The lowest BCUT2D eigenvalue weighted by atomic mass is 9.39. The number of nitrogens with one attached hydrogen (secondary N) is 1. The van der Waals surface area contributed by atoms with Gasteiger partial charge in [-0.05, 0) is 73.0 Å². The number of carbonyl (C=O) groups excluding carboxylic acids is 1. The molecular formula is C23H31FN2O3S. The standard InChI is InChI=1S/C23H31FN2O3S/c1-22-9-15-7-17(10-22)23(18(8-15)11-22,16-3-5-19(24)6-4-16)12-21(27)26-13-20(14-26)25-30(2,28)29/h3-6,15,17-18,20,25H,7-14H2,1-2H3/t15?,17?,18?,22-,23-. The highest BCUT2D eigenvalue weighted by Gasteiger charge is 2.62. The number of hydrogen-bond donors (Lipinski definition) is 1. The SMILES string of the molecule is CS(=O)(=O)NC1CN(C(=O)C[C@]2(c3ccc(F)cc3)C3CC4CC2C[C@@](C)(C4)C3)C1. The van der Waals surface area contributed by atoms with E-state index in [1.54, 1.807) is 4.90 Å². The number of benzene rings is 1. The fourth-order valence-corrected chi connectivity index (χ4v) is 8.29. The van der Waals surface area contributed by atoms with Gasteiger partial charge in [-0.25, -0.2) is 17.5 Å². The van der Waals surface area contributed by atoms with Gasteiger partial charge < -0.3 is 4.90 Å². The number of sulfonamides is 1. The van der Waals surface area contributed by atoms with E-state index < -0.39 is 10.0 Å². The zero-order chi connectivity index (χ0) is 21.3. The topological polar surface area (TPSA) is 66.5 Å². The predicted octanol–water partition coefficient (Wildman–Crippen LogP) is 3.06. The van der Waals surface area contributed by atoms with Gasteiger partial charge in [-0.1, -0.05) is 19.1 Å². The second-order valence-corrected chi connectivity index (χ2v) is 12.5. The molecule has 1 aromatic rings. The quantitative estimate of drug-likeness (QED) is 0.775. The van der Waals surface area contributed by atoms with Crippen LogP contribution in [0.1, 0.15) is 51.0 Å². The van der Waals surface area contributed by atoms with E-state index in [-0.39, 0.29) is 23.2 Å². The van der Waals surface area contributed by atoms with Crippen molar-refractivity contribution in [3.8, 4) is 0 Å². The van der Waals surface area contributed by atoms with Crippen molar-refractivity contribution in [2.24, 2.45) is 23.2 Å². The molecule has 4 bridgehead atoms. The Hall–Kier alpha value is -1.47. The lowest BCUT2D eigenvalue weighted by molar-refractivity contribution is -0.148. The maximum atomic E-state index is 13.7. The summed E-state index contributed by atoms with van der Waals surface area (Å²) in [5.41, 5.74) is 1.27. The molecule has 0 aromatic heterocycles. The molecule has 2 unspecified atom stereocenters. The highest BCUT2D eigenvalue weighted by molar-refractivity contribution is 7.88. The molecule has 5 nitrogen and oxygen atoms in total. The van der Waals surface area contributed by atoms with Gasteiger partial charge in [-0.2, -0.15) is 0 Å². The van der Waals surface area contributed by atoms with E-state index in [1.807, 2.05) is 12.1 Å². The summed E-state index contributed by atoms with van der Waals surface area (Å²) in [6.45, 7) is 3.27. The first-order valence-electron chi connectivity index (χ1n) is 11.1. The van der Waals surface area contributed by atoms with Gasteiger partial charge in [-0.15, -0.1) is 0 Å². The molecule has 0 radical (unpaired) electrons. The van der Waals surface area contributed by atoms with Crippen LogP contribution in [0.5, 0.6) is 0 Å². The number of carbonyl (C=O) groups is 1. The highest BCUT2D eigenvalue weighted by atomic mass is 32.2. The minimum absolute atomic E-state index is 0.100. The molecule has 6 rings (SSSR count). The molecule has 1 aliphatic heterocycles. The molecule has 1 heterocycles. The first-order valence-corrected chi connectivity index (χ1v) is 13.0. The van der Waals surface area contributed by atoms with Crippen molar-refractivity contribution >= 4 is 15.9 Å². The third-order valence-corrected chi connectivity index (χ3v) is 9.15. The Balaban J connectivity index is 1.41. The average Bonchev–Trinajstić information content (AvgIpc) is 2.59. The summed E-state index contributed by atoms with van der Waals surface area (Å²) in [6, 6.07) is 6.67. The minimum Gasteiger partial charge on any atom is -0.339 e. The monoisotopic (exact) mass is 434 g/mol. The maximum absolute atomic E-state index is 13.7. The number of halogens is 1. The third kappa shape index (κ3) is 3.38. The zero-order valence-electron chi connectivity index (χ0n) is 17.7. The van der Waals surface area contributed by atoms with E-state index in [0.29, 0.717) is 36.8 Å². The second kappa shape index (κ2) is 6.76. The van der Waals surface area contributed by atoms with Crippen molar-refractivity contribution in [3.05, 3.63) is 35.6 Å². The number of amides is 1. The Kier molecular flexibility index (Phi) is 4.61. The van der Waals surface area contributed by atoms with Crippen LogP contribution in [0.25, 0.3) is 0 Å². The Morgan fingerprint density at radius 3 is 2.27 bits per heavy atom. The van der Waals surface area contributed by atoms with Crippen LogP contribution >= 0.6 is 0 Å². The Labute approximate surface area is 178 Å². The summed E-state index contributed by atoms with van der Waals surface area (Å²) in [6.07, 6.45) is 7.51. The van der Waals surface area contributed by atoms with E-state index in [4.69, 9.17) is 0 Å². The third-order valence-electron chi connectivity index (χ3n) is 8.39. The van der Waals surface area contributed by atoms with Crippen LogP contribution in [0.4, 0.5) is 4.39 Å². The predicted molar refractivity (Wildman–Crippen MR) is 113 cm³/mol. The minimum atomic E-state index is -3.26. The molecule has 4 aliphatic carbocycles. The molecule has 1 saturated heterocycles. The first kappa shape index (κ1) is 20.4. The molecule has 5 fully saturated rings. The van der Waals surface area contributed by atoms with Gasteiger partial charge in [0.1, 0.15) is 5.82 Å². The highest BCUT2D eigenvalue weighted by Crippen LogP contribution is 2.68. The second-order valence-electron chi connectivity index (χ2n) is 10.8. The number of likely N-dealkylation sites (tertiary alicyclic amines) is 1. The van der Waals surface area contributed by atoms with Crippen LogP contribution in [0.2, 0.25) is 0 Å². The molecule has 30 heavy (non-hydrogen) atoms. The molecule has 2 atom stereocenters. The van der Waals surface area contributed by atoms with Gasteiger partial charge in [0.2, 0.25) is 15.9 Å². The summed E-state index contributed by atoms with van der Waals surface area (Å²) in [4.78, 5) is 15.1. The normalized spacial score (nSPS) is 38.0. The van der Waals surface area contributed by atoms with Crippen LogP contribution < -0.4 is 4.72 Å². The summed E-state index contributed by atoms with van der Waals surface area (Å²) in [5, 5.41) is 0. The van der Waals surface area contributed by atoms with E-state index in [0.717, 1.165) is 43.4 Å². The van der Waals surface area contributed by atoms with Crippen molar-refractivity contribution in [2.75, 3.05) is 19.3 Å². The Bertz CT molecular complexity index is 939. The summed E-state index contributed by atoms with van der Waals surface area (Å²) >= 11 is 0. The van der Waals surface area contributed by atoms with E-state index >= 15 is 0 Å². The molecule has 0 spiro atoms. The molecule has 1 N–H and O–H groups in total. The van der Waals surface area contributed by atoms with Gasteiger partial charge in [0.25, 0.3) is 0 Å². The molecule has 5 aliphatic rings. The fraction of sp³-hybridized carbons (Fsp3) is 0.696. The summed E-state index contributed by atoms with van der Waals surface area (Å²) < 4.78 is 39.2. The molecule has 164 valence electrons. The van der Waals surface area contributed by atoms with Gasteiger partial charge >= 0.3 is 0 Å². The van der Waals surface area contributed by atoms with Gasteiger partial charge in [-0.3, -0.25) is 4.79 Å². The molecule has 4 saturated carbocycles. The van der Waals surface area contributed by atoms with Crippen LogP contribution in [-0.2, 0) is 20.2 Å². The number of nitrogens with zero attached hydrogens (tertiary/aromatic N) is 1. The Morgan fingerprint density at radius 2 is 1.73 bits per heavy atom. The van der Waals surface area contributed by atoms with Crippen molar-refractivity contribution < 1.29 is 17.6 Å². The lowest BCUT2D eigenvalue weighted by Crippen LogP contribution is -2.64. The molecular weight excluding hydrogens is 403 g/mol. The molecule has 7 heteroatoms. The first-order chi connectivity index (χ1) is 14.1. The van der Waals surface area contributed by atoms with E-state index in [9.17, 15) is 17.6 Å². The van der Waals surface area contributed by atoms with E-state index in [1.165, 1.54) is 18.6 Å². The summed E-state index contributed by atoms with van der Waals surface area (Å²) in [7, 11) is -3.26. The van der Waals surface area contributed by atoms with Crippen LogP contribution in [0.15, 0.2) is 24.3 Å². The zero-order valence-corrected chi connectivity index (χ0v) is 18.6. The number of hydrogen-bond acceptors (Lipinski definition) is 3. The van der Waals surface area contributed by atoms with Gasteiger partial charge in [0, 0.05) is 24.9 Å².